The summed E-state index contributed by atoms with van der Waals surface area (Å²) >= 11 is 0. The molecule has 2 atom stereocenters. The van der Waals surface area contributed by atoms with Gasteiger partial charge in [0.25, 0.3) is 0 Å². The summed E-state index contributed by atoms with van der Waals surface area (Å²) in [5.74, 6) is 1.75. The van der Waals surface area contributed by atoms with Gasteiger partial charge in [0.15, 0.2) is 0 Å². The van der Waals surface area contributed by atoms with E-state index in [-0.39, 0.29) is 11.9 Å². The van der Waals surface area contributed by atoms with Crippen molar-refractivity contribution in [2.75, 3.05) is 42.5 Å². The molecule has 0 spiro atoms. The highest BCUT2D eigenvalue weighted by atomic mass is 19.4. The van der Waals surface area contributed by atoms with Gasteiger partial charge in [0, 0.05) is 45.2 Å². The largest absolute Gasteiger partial charge is 0.389 e. The van der Waals surface area contributed by atoms with E-state index in [0.29, 0.717) is 19.0 Å². The number of carbonyl (C=O) groups is 1. The van der Waals surface area contributed by atoms with Crippen molar-refractivity contribution in [2.45, 2.75) is 50.7 Å². The van der Waals surface area contributed by atoms with Gasteiger partial charge >= 0.3 is 6.18 Å². The lowest BCUT2D eigenvalue weighted by molar-refractivity contribution is -0.149. The van der Waals surface area contributed by atoms with Crippen molar-refractivity contribution in [3.63, 3.8) is 0 Å². The Balaban J connectivity index is 1.43. The molecule has 0 saturated carbocycles. The van der Waals surface area contributed by atoms with Gasteiger partial charge in [-0.2, -0.15) is 13.2 Å². The van der Waals surface area contributed by atoms with Crippen molar-refractivity contribution in [3.05, 3.63) is 12.4 Å². The summed E-state index contributed by atoms with van der Waals surface area (Å²) in [6, 6.07) is 1.97. The average molecular weight is 397 g/mol. The number of likely N-dealkylation sites (tertiary alicyclic amines) is 1. The van der Waals surface area contributed by atoms with Crippen LogP contribution in [-0.4, -0.2) is 65.7 Å². The van der Waals surface area contributed by atoms with Crippen molar-refractivity contribution in [1.82, 2.24) is 14.9 Å². The second-order valence-corrected chi connectivity index (χ2v) is 7.98. The number of anilines is 2. The number of hydrogen-bond acceptors (Lipinski definition) is 5. The fourth-order valence-corrected chi connectivity index (χ4v) is 4.68. The SMILES string of the molecule is O=C(CCC(F)(F)F)N1CCC2CCN(c3cc(N4CCCC4)ncn3)CC21. The van der Waals surface area contributed by atoms with E-state index in [1.54, 1.807) is 11.2 Å². The van der Waals surface area contributed by atoms with Gasteiger partial charge in [-0.1, -0.05) is 0 Å². The van der Waals surface area contributed by atoms with Crippen LogP contribution in [-0.2, 0) is 4.79 Å². The summed E-state index contributed by atoms with van der Waals surface area (Å²) in [5.41, 5.74) is 0. The molecule has 0 aromatic carbocycles. The van der Waals surface area contributed by atoms with Crippen LogP contribution in [0.5, 0.6) is 0 Å². The van der Waals surface area contributed by atoms with Gasteiger partial charge in [0.1, 0.15) is 18.0 Å². The standard InChI is InChI=1S/C19H26F3N5O/c20-19(21,22)6-3-18(28)27-10-5-14-4-9-26(12-15(14)27)17-11-16(23-13-24-17)25-7-1-2-8-25/h11,13-15H,1-10,12H2. The summed E-state index contributed by atoms with van der Waals surface area (Å²) in [7, 11) is 0. The molecule has 4 rings (SSSR count). The van der Waals surface area contributed by atoms with Gasteiger partial charge in [0.2, 0.25) is 5.91 Å². The molecule has 28 heavy (non-hydrogen) atoms. The molecule has 0 aliphatic carbocycles. The number of aromatic nitrogens is 2. The van der Waals surface area contributed by atoms with Gasteiger partial charge in [-0.3, -0.25) is 4.79 Å². The number of hydrogen-bond donors (Lipinski definition) is 0. The minimum Gasteiger partial charge on any atom is -0.356 e. The van der Waals surface area contributed by atoms with E-state index in [4.69, 9.17) is 0 Å². The lowest BCUT2D eigenvalue weighted by Crippen LogP contribution is -2.50. The molecule has 0 N–H and O–H groups in total. The smallest absolute Gasteiger partial charge is 0.356 e. The molecule has 0 radical (unpaired) electrons. The van der Waals surface area contributed by atoms with Crippen LogP contribution in [0.2, 0.25) is 0 Å². The highest BCUT2D eigenvalue weighted by Gasteiger charge is 2.41. The molecule has 1 amide bonds. The summed E-state index contributed by atoms with van der Waals surface area (Å²) in [6.07, 6.45) is -0.0798. The van der Waals surface area contributed by atoms with Gasteiger partial charge in [-0.25, -0.2) is 9.97 Å². The Labute approximate surface area is 162 Å². The molecule has 1 aromatic rings. The number of rotatable bonds is 4. The fraction of sp³-hybridized carbons (Fsp3) is 0.737. The third kappa shape index (κ3) is 4.17. The highest BCUT2D eigenvalue weighted by molar-refractivity contribution is 5.77. The summed E-state index contributed by atoms with van der Waals surface area (Å²) < 4.78 is 37.5. The molecule has 3 aliphatic heterocycles. The normalized spacial score (nSPS) is 25.3. The van der Waals surface area contributed by atoms with Gasteiger partial charge in [-0.15, -0.1) is 0 Å². The van der Waals surface area contributed by atoms with E-state index in [2.05, 4.69) is 19.8 Å². The monoisotopic (exact) mass is 397 g/mol. The van der Waals surface area contributed by atoms with Crippen LogP contribution >= 0.6 is 0 Å². The predicted molar refractivity (Wildman–Crippen MR) is 99.2 cm³/mol. The number of piperidine rings is 1. The Morgan fingerprint density at radius 2 is 1.71 bits per heavy atom. The first-order valence-electron chi connectivity index (χ1n) is 10.1. The summed E-state index contributed by atoms with van der Waals surface area (Å²) in [6.45, 7) is 4.04. The lowest BCUT2D eigenvalue weighted by Gasteiger charge is -2.39. The lowest BCUT2D eigenvalue weighted by atomic mass is 9.92. The predicted octanol–water partition coefficient (Wildman–Crippen LogP) is 2.85. The van der Waals surface area contributed by atoms with E-state index >= 15 is 0 Å². The van der Waals surface area contributed by atoms with Gasteiger partial charge in [0.05, 0.1) is 12.5 Å². The van der Waals surface area contributed by atoms with E-state index in [0.717, 1.165) is 44.1 Å². The van der Waals surface area contributed by atoms with Crippen molar-refractivity contribution < 1.29 is 18.0 Å². The number of carbonyl (C=O) groups excluding carboxylic acids is 1. The van der Waals surface area contributed by atoms with Crippen LogP contribution < -0.4 is 9.80 Å². The van der Waals surface area contributed by atoms with Gasteiger partial charge in [-0.05, 0) is 31.6 Å². The number of halogens is 3. The molecule has 3 aliphatic rings. The minimum absolute atomic E-state index is 0.0281. The second-order valence-electron chi connectivity index (χ2n) is 7.98. The highest BCUT2D eigenvalue weighted by Crippen LogP contribution is 2.35. The molecule has 154 valence electrons. The second kappa shape index (κ2) is 7.75. The van der Waals surface area contributed by atoms with Crippen LogP contribution in [0.25, 0.3) is 0 Å². The van der Waals surface area contributed by atoms with Crippen LogP contribution in [0.3, 0.4) is 0 Å². The maximum atomic E-state index is 12.5. The minimum atomic E-state index is -4.29. The van der Waals surface area contributed by atoms with E-state index in [9.17, 15) is 18.0 Å². The molecular weight excluding hydrogens is 371 g/mol. The number of fused-ring (bicyclic) bond motifs is 1. The number of amides is 1. The zero-order valence-corrected chi connectivity index (χ0v) is 15.9. The van der Waals surface area contributed by atoms with Crippen molar-refractivity contribution >= 4 is 17.5 Å². The van der Waals surface area contributed by atoms with Gasteiger partial charge < -0.3 is 14.7 Å². The Kier molecular flexibility index (Phi) is 5.33. The topological polar surface area (TPSA) is 52.6 Å². The molecular formula is C19H26F3N5O. The first kappa shape index (κ1) is 19.3. The molecule has 2 unspecified atom stereocenters. The third-order valence-corrected chi connectivity index (χ3v) is 6.20. The zero-order valence-electron chi connectivity index (χ0n) is 15.9. The summed E-state index contributed by atoms with van der Waals surface area (Å²) in [5, 5.41) is 0. The van der Waals surface area contributed by atoms with E-state index < -0.39 is 19.0 Å². The van der Waals surface area contributed by atoms with Crippen LogP contribution in [0.1, 0.15) is 38.5 Å². The van der Waals surface area contributed by atoms with E-state index in [1.165, 1.54) is 12.8 Å². The third-order valence-electron chi connectivity index (χ3n) is 6.20. The molecule has 4 heterocycles. The maximum Gasteiger partial charge on any atom is 0.389 e. The molecule has 9 heteroatoms. The number of alkyl halides is 3. The Morgan fingerprint density at radius 3 is 2.43 bits per heavy atom. The Morgan fingerprint density at radius 1 is 1.04 bits per heavy atom. The summed E-state index contributed by atoms with van der Waals surface area (Å²) in [4.78, 5) is 27.3. The average Bonchev–Trinajstić information content (AvgIpc) is 3.35. The first-order chi connectivity index (χ1) is 13.4. The van der Waals surface area contributed by atoms with Crippen LogP contribution in [0.4, 0.5) is 24.8 Å². The van der Waals surface area contributed by atoms with Crippen LogP contribution in [0, 0.1) is 5.92 Å². The van der Waals surface area contributed by atoms with Crippen molar-refractivity contribution in [3.8, 4) is 0 Å². The van der Waals surface area contributed by atoms with Crippen molar-refractivity contribution in [2.24, 2.45) is 5.92 Å². The van der Waals surface area contributed by atoms with E-state index in [1.807, 2.05) is 6.07 Å². The van der Waals surface area contributed by atoms with Crippen molar-refractivity contribution in [1.29, 1.82) is 0 Å². The fourth-order valence-electron chi connectivity index (χ4n) is 4.68. The molecule has 0 bridgehead atoms. The Bertz CT molecular complexity index is 707. The maximum absolute atomic E-state index is 12.5. The first-order valence-corrected chi connectivity index (χ1v) is 10.1. The molecule has 3 saturated heterocycles. The molecule has 1 aromatic heterocycles. The Hall–Kier alpha value is -2.06. The zero-order chi connectivity index (χ0) is 19.7. The molecule has 3 fully saturated rings. The molecule has 6 nitrogen and oxygen atoms in total. The quantitative estimate of drug-likeness (QED) is 0.782. The number of nitrogens with zero attached hydrogens (tertiary/aromatic N) is 5. The van der Waals surface area contributed by atoms with Crippen LogP contribution in [0.15, 0.2) is 12.4 Å².